The Hall–Kier alpha value is -5.26. The van der Waals surface area contributed by atoms with Crippen molar-refractivity contribution in [1.29, 1.82) is 0 Å². The average Bonchev–Trinajstić information content (AvgIpc) is 3.35. The first-order valence-corrected chi connectivity index (χ1v) is 15.2. The van der Waals surface area contributed by atoms with Crippen LogP contribution in [0.3, 0.4) is 0 Å². The van der Waals surface area contributed by atoms with E-state index in [1.165, 1.54) is 37.9 Å². The maximum Gasteiger partial charge on any atom is 0.235 e. The van der Waals surface area contributed by atoms with Gasteiger partial charge in [0.05, 0.1) is 5.69 Å². The lowest BCUT2D eigenvalue weighted by Crippen LogP contribution is -2.43. The largest absolute Gasteiger partial charge is 0.286 e. The lowest BCUT2D eigenvalue weighted by Gasteiger charge is -2.46. The van der Waals surface area contributed by atoms with E-state index in [-0.39, 0.29) is 0 Å². The van der Waals surface area contributed by atoms with Crippen LogP contribution in [0.2, 0.25) is 0 Å². The lowest BCUT2D eigenvalue weighted by molar-refractivity contribution is 0.739. The Morgan fingerprint density at radius 2 is 1.02 bits per heavy atom. The molecule has 6 aromatic carbocycles. The normalized spacial score (nSPS) is 14.1. The highest BCUT2D eigenvalue weighted by atomic mass is 32.2. The van der Waals surface area contributed by atoms with Crippen molar-refractivity contribution in [3.8, 4) is 33.9 Å². The minimum Gasteiger partial charge on any atom is -0.286 e. The molecule has 2 aliphatic rings. The van der Waals surface area contributed by atoms with Crippen LogP contribution in [-0.4, -0.2) is 15.0 Å². The van der Waals surface area contributed by atoms with Gasteiger partial charge in [-0.3, -0.25) is 4.90 Å². The molecule has 43 heavy (non-hydrogen) atoms. The van der Waals surface area contributed by atoms with E-state index in [1.54, 1.807) is 0 Å². The highest BCUT2D eigenvalue weighted by Crippen LogP contribution is 2.65. The fourth-order valence-corrected chi connectivity index (χ4v) is 8.24. The third-order valence-electron chi connectivity index (χ3n) is 8.42. The Balaban J connectivity index is 1.41. The summed E-state index contributed by atoms with van der Waals surface area (Å²) in [6.45, 7) is 0. The first-order valence-electron chi connectivity index (χ1n) is 14.4. The lowest BCUT2D eigenvalue weighted by atomic mass is 9.99. The summed E-state index contributed by atoms with van der Waals surface area (Å²) in [6.07, 6.45) is 0. The van der Waals surface area contributed by atoms with Crippen molar-refractivity contribution in [3.63, 3.8) is 0 Å². The molecule has 1 aliphatic heterocycles. The predicted octanol–water partition coefficient (Wildman–Crippen LogP) is 9.48. The Bertz CT molecular complexity index is 2070. The summed E-state index contributed by atoms with van der Waals surface area (Å²) in [5, 5.41) is 2.41. The van der Waals surface area contributed by atoms with Crippen molar-refractivity contribution in [2.24, 2.45) is 0 Å². The third kappa shape index (κ3) is 3.55. The first-order chi connectivity index (χ1) is 21.3. The average molecular weight is 569 g/mol. The number of anilines is 2. The molecule has 0 radical (unpaired) electrons. The van der Waals surface area contributed by atoms with Crippen LogP contribution in [0.5, 0.6) is 0 Å². The van der Waals surface area contributed by atoms with Gasteiger partial charge >= 0.3 is 0 Å². The number of thioether (sulfide) groups is 1. The molecule has 0 saturated heterocycles. The molecule has 4 nitrogen and oxygen atoms in total. The zero-order chi connectivity index (χ0) is 28.4. The van der Waals surface area contributed by atoms with Crippen molar-refractivity contribution in [3.05, 3.63) is 157 Å². The van der Waals surface area contributed by atoms with Crippen LogP contribution in [0.15, 0.2) is 150 Å². The van der Waals surface area contributed by atoms with Crippen molar-refractivity contribution in [2.75, 3.05) is 4.90 Å². The molecule has 0 bridgehead atoms. The smallest absolute Gasteiger partial charge is 0.235 e. The molecular weight excluding hydrogens is 545 g/mol. The van der Waals surface area contributed by atoms with Gasteiger partial charge in [0.15, 0.2) is 16.5 Å². The Kier molecular flexibility index (Phi) is 5.31. The number of nitrogens with zero attached hydrogens (tertiary/aromatic N) is 4. The quantitative estimate of drug-likeness (QED) is 0.212. The molecule has 0 saturated carbocycles. The number of benzene rings is 6. The van der Waals surface area contributed by atoms with Crippen LogP contribution >= 0.6 is 11.8 Å². The maximum atomic E-state index is 5.27. The zero-order valence-electron chi connectivity index (χ0n) is 23.1. The van der Waals surface area contributed by atoms with Gasteiger partial charge in [-0.1, -0.05) is 145 Å². The van der Waals surface area contributed by atoms with Gasteiger partial charge in [0, 0.05) is 32.5 Å². The molecule has 0 atom stereocenters. The summed E-state index contributed by atoms with van der Waals surface area (Å²) < 4.78 is 0. The maximum absolute atomic E-state index is 5.27. The molecule has 0 N–H and O–H groups in total. The van der Waals surface area contributed by atoms with E-state index in [4.69, 9.17) is 15.0 Å². The molecule has 0 amide bonds. The fourth-order valence-electron chi connectivity index (χ4n) is 6.60. The molecule has 1 aromatic heterocycles. The third-order valence-corrected chi connectivity index (χ3v) is 9.90. The van der Waals surface area contributed by atoms with Gasteiger partial charge in [-0.2, -0.15) is 9.97 Å². The van der Waals surface area contributed by atoms with Crippen molar-refractivity contribution in [2.45, 2.75) is 9.77 Å². The summed E-state index contributed by atoms with van der Waals surface area (Å²) >= 11 is 1.88. The van der Waals surface area contributed by atoms with Crippen LogP contribution < -0.4 is 4.90 Å². The van der Waals surface area contributed by atoms with Gasteiger partial charge in [0.1, 0.15) is 0 Å². The van der Waals surface area contributed by atoms with Crippen LogP contribution in [0.1, 0.15) is 11.1 Å². The fraction of sp³-hybridized carbons (Fsp3) is 0.0263. The summed E-state index contributed by atoms with van der Waals surface area (Å²) in [6, 6.07) is 51.1. The monoisotopic (exact) mass is 568 g/mol. The SMILES string of the molecule is c1ccc(-c2nc(-c3ccccc3)nc(N3c4cccc5cccc(c45)SC34c3ccccc3-c3ccccc34)n2)cc1. The molecule has 9 rings (SSSR count). The number of aromatic nitrogens is 3. The van der Waals surface area contributed by atoms with E-state index in [1.807, 2.05) is 48.2 Å². The van der Waals surface area contributed by atoms with E-state index in [9.17, 15) is 0 Å². The summed E-state index contributed by atoms with van der Waals surface area (Å²) in [5.74, 6) is 1.92. The standard InChI is InChI=1S/C38H24N4S/c1-3-13-26(14-4-1)35-39-36(27-15-5-2-6-16-27)41-37(40-35)42-32-23-11-17-25-18-12-24-33(34(25)32)43-38(42)30-21-9-7-19-28(30)29-20-8-10-22-31(29)38/h1-24H. The Labute approximate surface area is 253 Å². The Morgan fingerprint density at radius 3 is 1.63 bits per heavy atom. The molecule has 7 aromatic rings. The van der Waals surface area contributed by atoms with E-state index in [2.05, 4.69) is 114 Å². The minimum atomic E-state index is -0.626. The van der Waals surface area contributed by atoms with Crippen molar-refractivity contribution >= 4 is 34.2 Å². The predicted molar refractivity (Wildman–Crippen MR) is 175 cm³/mol. The van der Waals surface area contributed by atoms with Gasteiger partial charge in [0.25, 0.3) is 0 Å². The number of hydrogen-bond acceptors (Lipinski definition) is 5. The number of rotatable bonds is 3. The summed E-state index contributed by atoms with van der Waals surface area (Å²) in [4.78, 5) is 18.5. The number of fused-ring (bicyclic) bond motifs is 5. The molecule has 0 fully saturated rings. The van der Waals surface area contributed by atoms with Gasteiger partial charge in [0.2, 0.25) is 5.95 Å². The van der Waals surface area contributed by atoms with Crippen LogP contribution in [0.4, 0.5) is 11.6 Å². The van der Waals surface area contributed by atoms with Crippen LogP contribution in [0.25, 0.3) is 44.7 Å². The van der Waals surface area contributed by atoms with E-state index >= 15 is 0 Å². The second-order valence-corrected chi connectivity index (χ2v) is 12.1. The highest BCUT2D eigenvalue weighted by molar-refractivity contribution is 8.01. The highest BCUT2D eigenvalue weighted by Gasteiger charge is 2.53. The molecule has 1 spiro atoms. The molecule has 202 valence electrons. The first kappa shape index (κ1) is 24.3. The van der Waals surface area contributed by atoms with Crippen molar-refractivity contribution < 1.29 is 0 Å². The van der Waals surface area contributed by atoms with E-state index in [0.717, 1.165) is 16.8 Å². The topological polar surface area (TPSA) is 41.9 Å². The zero-order valence-corrected chi connectivity index (χ0v) is 23.9. The molecule has 2 heterocycles. The minimum absolute atomic E-state index is 0.619. The second kappa shape index (κ2) is 9.38. The second-order valence-electron chi connectivity index (χ2n) is 10.8. The van der Waals surface area contributed by atoms with Gasteiger partial charge in [-0.05, 0) is 28.6 Å². The van der Waals surface area contributed by atoms with Gasteiger partial charge in [-0.25, -0.2) is 4.98 Å². The van der Waals surface area contributed by atoms with Crippen molar-refractivity contribution in [1.82, 2.24) is 15.0 Å². The number of hydrogen-bond donors (Lipinski definition) is 0. The molecule has 1 aliphatic carbocycles. The van der Waals surface area contributed by atoms with Crippen LogP contribution in [0, 0.1) is 0 Å². The Morgan fingerprint density at radius 1 is 0.488 bits per heavy atom. The van der Waals surface area contributed by atoms with Crippen LogP contribution in [-0.2, 0) is 4.87 Å². The molecule has 0 unspecified atom stereocenters. The molecule has 5 heteroatoms. The van der Waals surface area contributed by atoms with Gasteiger partial charge < -0.3 is 0 Å². The van der Waals surface area contributed by atoms with Gasteiger partial charge in [-0.15, -0.1) is 0 Å². The van der Waals surface area contributed by atoms with E-state index in [0.29, 0.717) is 17.6 Å². The summed E-state index contributed by atoms with van der Waals surface area (Å²) in [7, 11) is 0. The molecular formula is C38H24N4S. The van der Waals surface area contributed by atoms with E-state index < -0.39 is 4.87 Å². The summed E-state index contributed by atoms with van der Waals surface area (Å²) in [5.41, 5.74) is 7.93.